The van der Waals surface area contributed by atoms with Crippen LogP contribution in [0.25, 0.3) is 0 Å². The summed E-state index contributed by atoms with van der Waals surface area (Å²) in [6.45, 7) is 3.64. The van der Waals surface area contributed by atoms with E-state index in [1.54, 1.807) is 25.2 Å². The molecule has 0 heterocycles. The van der Waals surface area contributed by atoms with Crippen molar-refractivity contribution in [3.8, 4) is 0 Å². The van der Waals surface area contributed by atoms with Crippen LogP contribution in [0.5, 0.6) is 0 Å². The van der Waals surface area contributed by atoms with Crippen molar-refractivity contribution in [3.63, 3.8) is 0 Å². The van der Waals surface area contributed by atoms with Gasteiger partial charge in [0.05, 0.1) is 5.69 Å². The number of nitrogens with zero attached hydrogens (tertiary/aromatic N) is 1. The highest BCUT2D eigenvalue weighted by Gasteiger charge is 2.20. The molecule has 6 heteroatoms. The molecule has 0 saturated heterocycles. The molecular weight excluding hydrogens is 292 g/mol. The SMILES string of the molecule is CC(C)N(C)S(=O)(=O)Nc1ccccc1Br. The third-order valence-corrected chi connectivity index (χ3v) is 4.57. The maximum atomic E-state index is 11.9. The lowest BCUT2D eigenvalue weighted by Gasteiger charge is -2.22. The van der Waals surface area contributed by atoms with Crippen LogP contribution >= 0.6 is 15.9 Å². The first kappa shape index (κ1) is 13.5. The van der Waals surface area contributed by atoms with E-state index in [0.717, 1.165) is 4.47 Å². The smallest absolute Gasteiger partial charge is 0.270 e. The molecule has 0 amide bonds. The Balaban J connectivity index is 2.94. The van der Waals surface area contributed by atoms with E-state index in [1.807, 2.05) is 19.9 Å². The van der Waals surface area contributed by atoms with Gasteiger partial charge in [0.15, 0.2) is 0 Å². The Bertz CT molecular complexity index is 460. The molecule has 0 fully saturated rings. The van der Waals surface area contributed by atoms with Gasteiger partial charge in [0.25, 0.3) is 0 Å². The minimum atomic E-state index is -3.48. The zero-order chi connectivity index (χ0) is 12.3. The molecule has 4 nitrogen and oxygen atoms in total. The minimum absolute atomic E-state index is 0.0833. The first-order valence-electron chi connectivity index (χ1n) is 4.85. The summed E-state index contributed by atoms with van der Waals surface area (Å²) in [6.07, 6.45) is 0. The molecule has 0 atom stereocenters. The summed E-state index contributed by atoms with van der Waals surface area (Å²) in [5.41, 5.74) is 0.537. The van der Waals surface area contributed by atoms with Crippen molar-refractivity contribution in [2.45, 2.75) is 19.9 Å². The second-order valence-corrected chi connectivity index (χ2v) is 6.28. The van der Waals surface area contributed by atoms with Gasteiger partial charge >= 0.3 is 10.2 Å². The van der Waals surface area contributed by atoms with Crippen LogP contribution in [0, 0.1) is 0 Å². The summed E-state index contributed by atoms with van der Waals surface area (Å²) >= 11 is 3.29. The number of rotatable bonds is 4. The predicted molar refractivity (Wildman–Crippen MR) is 69.6 cm³/mol. The van der Waals surface area contributed by atoms with E-state index in [9.17, 15) is 8.42 Å². The second kappa shape index (κ2) is 5.16. The number of benzene rings is 1. The summed E-state index contributed by atoms with van der Waals surface area (Å²) in [4.78, 5) is 0. The highest BCUT2D eigenvalue weighted by molar-refractivity contribution is 9.10. The molecule has 1 N–H and O–H groups in total. The predicted octanol–water partition coefficient (Wildman–Crippen LogP) is 2.45. The van der Waals surface area contributed by atoms with Crippen LogP contribution in [-0.4, -0.2) is 25.8 Å². The first-order chi connectivity index (χ1) is 7.34. The zero-order valence-electron chi connectivity index (χ0n) is 9.44. The molecular formula is C10H15BrN2O2S. The maximum absolute atomic E-state index is 11.9. The van der Waals surface area contributed by atoms with Crippen LogP contribution in [0.3, 0.4) is 0 Å². The van der Waals surface area contributed by atoms with Crippen molar-refractivity contribution >= 4 is 31.8 Å². The number of halogens is 1. The maximum Gasteiger partial charge on any atom is 0.301 e. The highest BCUT2D eigenvalue weighted by atomic mass is 79.9. The number of hydrogen-bond donors (Lipinski definition) is 1. The van der Waals surface area contributed by atoms with E-state index in [2.05, 4.69) is 20.7 Å². The van der Waals surface area contributed by atoms with E-state index in [-0.39, 0.29) is 6.04 Å². The van der Waals surface area contributed by atoms with Gasteiger partial charge in [-0.25, -0.2) is 0 Å². The quantitative estimate of drug-likeness (QED) is 0.929. The van der Waals surface area contributed by atoms with E-state index in [4.69, 9.17) is 0 Å². The Morgan fingerprint density at radius 2 is 1.88 bits per heavy atom. The third-order valence-electron chi connectivity index (χ3n) is 2.22. The molecule has 1 rings (SSSR count). The van der Waals surface area contributed by atoms with Crippen LogP contribution in [0.4, 0.5) is 5.69 Å². The van der Waals surface area contributed by atoms with Gasteiger partial charge in [0.2, 0.25) is 0 Å². The Kier molecular flexibility index (Phi) is 4.35. The molecule has 90 valence electrons. The Hall–Kier alpha value is -0.590. The number of anilines is 1. The van der Waals surface area contributed by atoms with E-state index >= 15 is 0 Å². The first-order valence-corrected chi connectivity index (χ1v) is 7.08. The van der Waals surface area contributed by atoms with Crippen molar-refractivity contribution < 1.29 is 8.42 Å². The number of hydrogen-bond acceptors (Lipinski definition) is 2. The fraction of sp³-hybridized carbons (Fsp3) is 0.400. The van der Waals surface area contributed by atoms with Gasteiger partial charge in [-0.3, -0.25) is 4.72 Å². The Morgan fingerprint density at radius 3 is 2.38 bits per heavy atom. The summed E-state index contributed by atoms with van der Waals surface area (Å²) < 4.78 is 28.3. The largest absolute Gasteiger partial charge is 0.301 e. The lowest BCUT2D eigenvalue weighted by Crippen LogP contribution is -2.37. The lowest BCUT2D eigenvalue weighted by atomic mass is 10.3. The average Bonchev–Trinajstić information content (AvgIpc) is 2.20. The molecule has 0 radical (unpaired) electrons. The minimum Gasteiger partial charge on any atom is -0.270 e. The van der Waals surface area contributed by atoms with Crippen molar-refractivity contribution in [3.05, 3.63) is 28.7 Å². The molecule has 0 saturated carbocycles. The van der Waals surface area contributed by atoms with Gasteiger partial charge in [-0.15, -0.1) is 0 Å². The lowest BCUT2D eigenvalue weighted by molar-refractivity contribution is 0.414. The second-order valence-electron chi connectivity index (χ2n) is 3.70. The third kappa shape index (κ3) is 3.20. The van der Waals surface area contributed by atoms with Crippen LogP contribution in [-0.2, 0) is 10.2 Å². The molecule has 1 aromatic carbocycles. The number of nitrogens with one attached hydrogen (secondary N) is 1. The molecule has 0 aliphatic carbocycles. The Morgan fingerprint density at radius 1 is 1.31 bits per heavy atom. The average molecular weight is 307 g/mol. The van der Waals surface area contributed by atoms with Gasteiger partial charge in [0, 0.05) is 17.6 Å². The topological polar surface area (TPSA) is 49.4 Å². The highest BCUT2D eigenvalue weighted by Crippen LogP contribution is 2.23. The van der Waals surface area contributed by atoms with Crippen molar-refractivity contribution in [1.82, 2.24) is 4.31 Å². The number of para-hydroxylation sites is 1. The monoisotopic (exact) mass is 306 g/mol. The molecule has 1 aromatic rings. The van der Waals surface area contributed by atoms with Crippen molar-refractivity contribution in [1.29, 1.82) is 0 Å². The van der Waals surface area contributed by atoms with Gasteiger partial charge in [-0.2, -0.15) is 12.7 Å². The normalized spacial score (nSPS) is 12.1. The molecule has 0 spiro atoms. The van der Waals surface area contributed by atoms with Gasteiger partial charge < -0.3 is 0 Å². The molecule has 0 aromatic heterocycles. The summed E-state index contributed by atoms with van der Waals surface area (Å²) in [6, 6.07) is 7.01. The van der Waals surface area contributed by atoms with Gasteiger partial charge in [-0.1, -0.05) is 12.1 Å². The van der Waals surface area contributed by atoms with Gasteiger partial charge in [0.1, 0.15) is 0 Å². The zero-order valence-corrected chi connectivity index (χ0v) is 11.8. The fourth-order valence-electron chi connectivity index (χ4n) is 1.03. The standard InChI is InChI=1S/C10H15BrN2O2S/c1-8(2)13(3)16(14,15)12-10-7-5-4-6-9(10)11/h4-8,12H,1-3H3. The molecule has 0 unspecified atom stereocenters. The van der Waals surface area contributed by atoms with Crippen LogP contribution in [0.2, 0.25) is 0 Å². The summed E-state index contributed by atoms with van der Waals surface area (Å²) in [5, 5.41) is 0. The molecule has 16 heavy (non-hydrogen) atoms. The molecule has 0 aliphatic heterocycles. The van der Waals surface area contributed by atoms with Gasteiger partial charge in [-0.05, 0) is 41.9 Å². The van der Waals surface area contributed by atoms with E-state index in [1.165, 1.54) is 4.31 Å². The van der Waals surface area contributed by atoms with Crippen molar-refractivity contribution in [2.24, 2.45) is 0 Å². The van der Waals surface area contributed by atoms with E-state index < -0.39 is 10.2 Å². The molecule has 0 bridgehead atoms. The van der Waals surface area contributed by atoms with Crippen LogP contribution in [0.1, 0.15) is 13.8 Å². The Labute approximate surface area is 105 Å². The fourth-order valence-corrected chi connectivity index (χ4v) is 2.70. The van der Waals surface area contributed by atoms with Crippen LogP contribution < -0.4 is 4.72 Å². The summed E-state index contributed by atoms with van der Waals surface area (Å²) in [5.74, 6) is 0. The molecule has 0 aliphatic rings. The summed E-state index contributed by atoms with van der Waals surface area (Å²) in [7, 11) is -1.94. The van der Waals surface area contributed by atoms with E-state index in [0.29, 0.717) is 5.69 Å². The van der Waals surface area contributed by atoms with Crippen LogP contribution in [0.15, 0.2) is 28.7 Å². The van der Waals surface area contributed by atoms with Crippen molar-refractivity contribution in [2.75, 3.05) is 11.8 Å².